The van der Waals surface area contributed by atoms with Gasteiger partial charge in [-0.05, 0) is 33.6 Å². The van der Waals surface area contributed by atoms with Gasteiger partial charge in [0.1, 0.15) is 0 Å². The average Bonchev–Trinajstić information content (AvgIpc) is 1.27. The van der Waals surface area contributed by atoms with E-state index in [1.165, 1.54) is 19.5 Å². The van der Waals surface area contributed by atoms with Crippen molar-refractivity contribution in [3.8, 4) is 0 Å². The summed E-state index contributed by atoms with van der Waals surface area (Å²) in [7, 11) is 3.75. The summed E-state index contributed by atoms with van der Waals surface area (Å²) >= 11 is 0. The van der Waals surface area contributed by atoms with E-state index in [0.29, 0.717) is 0 Å². The standard InChI is InChI=1S/C3H7N.C2H7N/c1-2-4-3-1;1-3-2/h4H,1-3H2;3H,1-2H3. The molecule has 1 aliphatic rings. The van der Waals surface area contributed by atoms with Crippen LogP contribution in [0.5, 0.6) is 0 Å². The molecule has 0 amide bonds. The van der Waals surface area contributed by atoms with Crippen molar-refractivity contribution >= 4 is 0 Å². The Hall–Kier alpha value is -0.0800. The molecule has 0 aromatic carbocycles. The summed E-state index contributed by atoms with van der Waals surface area (Å²) in [6, 6.07) is 0. The largest absolute Gasteiger partial charge is 0.323 e. The van der Waals surface area contributed by atoms with Crippen LogP contribution < -0.4 is 10.6 Å². The molecule has 0 saturated carbocycles. The first-order valence-corrected chi connectivity index (χ1v) is 2.71. The molecular weight excluding hydrogens is 88.1 g/mol. The SMILES string of the molecule is C1CNC1.CNC. The fraction of sp³-hybridized carbons (Fsp3) is 1.00. The van der Waals surface area contributed by atoms with E-state index in [1.54, 1.807) is 0 Å². The first-order valence-electron chi connectivity index (χ1n) is 2.71. The summed E-state index contributed by atoms with van der Waals surface area (Å²) < 4.78 is 0. The molecule has 1 saturated heterocycles. The molecule has 0 atom stereocenters. The van der Waals surface area contributed by atoms with E-state index in [1.807, 2.05) is 14.1 Å². The van der Waals surface area contributed by atoms with Gasteiger partial charge in [-0.15, -0.1) is 0 Å². The van der Waals surface area contributed by atoms with Gasteiger partial charge in [0, 0.05) is 0 Å². The van der Waals surface area contributed by atoms with Crippen LogP contribution >= 0.6 is 0 Å². The lowest BCUT2D eigenvalue weighted by atomic mass is 10.3. The third-order valence-corrected chi connectivity index (χ3v) is 0.707. The van der Waals surface area contributed by atoms with Crippen molar-refractivity contribution in [2.45, 2.75) is 6.42 Å². The van der Waals surface area contributed by atoms with Crippen molar-refractivity contribution in [2.24, 2.45) is 0 Å². The molecule has 1 fully saturated rings. The second kappa shape index (κ2) is 5.92. The lowest BCUT2D eigenvalue weighted by Crippen LogP contribution is -2.29. The summed E-state index contributed by atoms with van der Waals surface area (Å²) in [5.74, 6) is 0. The minimum Gasteiger partial charge on any atom is -0.323 e. The van der Waals surface area contributed by atoms with Crippen molar-refractivity contribution in [3.63, 3.8) is 0 Å². The quantitative estimate of drug-likeness (QED) is 0.443. The zero-order valence-corrected chi connectivity index (χ0v) is 5.12. The van der Waals surface area contributed by atoms with Gasteiger partial charge in [-0.2, -0.15) is 0 Å². The van der Waals surface area contributed by atoms with Crippen LogP contribution in [0.2, 0.25) is 0 Å². The van der Waals surface area contributed by atoms with Gasteiger partial charge in [-0.3, -0.25) is 0 Å². The number of rotatable bonds is 0. The predicted octanol–water partition coefficient (Wildman–Crippen LogP) is -0.185. The Labute approximate surface area is 45.3 Å². The zero-order chi connectivity index (χ0) is 5.54. The molecule has 0 aromatic heterocycles. The van der Waals surface area contributed by atoms with Crippen molar-refractivity contribution in [1.82, 2.24) is 10.6 Å². The summed E-state index contributed by atoms with van der Waals surface area (Å²) in [4.78, 5) is 0. The van der Waals surface area contributed by atoms with Gasteiger partial charge in [0.2, 0.25) is 0 Å². The maximum Gasteiger partial charge on any atom is -0.00368 e. The summed E-state index contributed by atoms with van der Waals surface area (Å²) in [6.45, 7) is 2.50. The molecule has 1 heterocycles. The molecule has 0 bridgehead atoms. The minimum absolute atomic E-state index is 1.25. The van der Waals surface area contributed by atoms with E-state index in [2.05, 4.69) is 10.6 Å². The van der Waals surface area contributed by atoms with Gasteiger partial charge in [0.05, 0.1) is 0 Å². The van der Waals surface area contributed by atoms with Crippen LogP contribution in [0.4, 0.5) is 0 Å². The van der Waals surface area contributed by atoms with Crippen LogP contribution in [0.3, 0.4) is 0 Å². The van der Waals surface area contributed by atoms with Gasteiger partial charge in [-0.1, -0.05) is 0 Å². The molecule has 2 N–H and O–H groups in total. The molecule has 2 heteroatoms. The van der Waals surface area contributed by atoms with Crippen molar-refractivity contribution in [3.05, 3.63) is 0 Å². The Morgan fingerprint density at radius 3 is 1.43 bits per heavy atom. The Kier molecular flexibility index (Phi) is 5.85. The normalized spacial score (nSPS) is 16.3. The van der Waals surface area contributed by atoms with Crippen LogP contribution in [0, 0.1) is 0 Å². The fourth-order valence-corrected chi connectivity index (χ4v) is 0.177. The Balaban J connectivity index is 0.000000110. The molecule has 7 heavy (non-hydrogen) atoms. The lowest BCUT2D eigenvalue weighted by molar-refractivity contribution is 0.527. The fourth-order valence-electron chi connectivity index (χ4n) is 0.177. The number of nitrogens with one attached hydrogen (secondary N) is 2. The summed E-state index contributed by atoms with van der Waals surface area (Å²) in [5, 5.41) is 5.86. The average molecular weight is 102 g/mol. The second-order valence-corrected chi connectivity index (χ2v) is 1.60. The van der Waals surface area contributed by atoms with Gasteiger partial charge in [0.15, 0.2) is 0 Å². The molecule has 0 aromatic rings. The lowest BCUT2D eigenvalue weighted by Gasteiger charge is -2.09. The number of hydrogen-bond donors (Lipinski definition) is 2. The zero-order valence-electron chi connectivity index (χ0n) is 5.12. The van der Waals surface area contributed by atoms with Crippen LogP contribution in [-0.2, 0) is 0 Å². The molecule has 0 spiro atoms. The molecule has 0 unspecified atom stereocenters. The highest BCUT2D eigenvalue weighted by Gasteiger charge is 1.92. The van der Waals surface area contributed by atoms with Crippen LogP contribution in [-0.4, -0.2) is 27.2 Å². The predicted molar refractivity (Wildman–Crippen MR) is 32.5 cm³/mol. The Morgan fingerprint density at radius 2 is 1.43 bits per heavy atom. The molecule has 1 rings (SSSR count). The van der Waals surface area contributed by atoms with Gasteiger partial charge >= 0.3 is 0 Å². The molecule has 2 nitrogen and oxygen atoms in total. The maximum atomic E-state index is 3.11. The third kappa shape index (κ3) is 5.92. The summed E-state index contributed by atoms with van der Waals surface area (Å²) in [5.41, 5.74) is 0. The minimum atomic E-state index is 1.25. The van der Waals surface area contributed by atoms with Gasteiger partial charge in [-0.25, -0.2) is 0 Å². The van der Waals surface area contributed by atoms with E-state index < -0.39 is 0 Å². The van der Waals surface area contributed by atoms with E-state index in [-0.39, 0.29) is 0 Å². The maximum absolute atomic E-state index is 3.11. The van der Waals surface area contributed by atoms with Crippen LogP contribution in [0.1, 0.15) is 6.42 Å². The van der Waals surface area contributed by atoms with Crippen molar-refractivity contribution < 1.29 is 0 Å². The summed E-state index contributed by atoms with van der Waals surface area (Å²) in [6.07, 6.45) is 1.39. The first kappa shape index (κ1) is 6.92. The van der Waals surface area contributed by atoms with Gasteiger partial charge < -0.3 is 10.6 Å². The molecule has 0 radical (unpaired) electrons. The Morgan fingerprint density at radius 1 is 1.29 bits per heavy atom. The van der Waals surface area contributed by atoms with E-state index >= 15 is 0 Å². The number of hydrogen-bond acceptors (Lipinski definition) is 2. The van der Waals surface area contributed by atoms with Crippen LogP contribution in [0.15, 0.2) is 0 Å². The Bertz CT molecular complexity index is 21.3. The van der Waals surface area contributed by atoms with E-state index in [9.17, 15) is 0 Å². The van der Waals surface area contributed by atoms with Gasteiger partial charge in [0.25, 0.3) is 0 Å². The van der Waals surface area contributed by atoms with Crippen molar-refractivity contribution in [2.75, 3.05) is 27.2 Å². The molecule has 0 aliphatic carbocycles. The smallest absolute Gasteiger partial charge is 0.00368 e. The molecular formula is C5H14N2. The van der Waals surface area contributed by atoms with E-state index in [0.717, 1.165) is 0 Å². The molecule has 44 valence electrons. The van der Waals surface area contributed by atoms with Crippen LogP contribution in [0.25, 0.3) is 0 Å². The molecule has 1 aliphatic heterocycles. The monoisotopic (exact) mass is 102 g/mol. The highest BCUT2D eigenvalue weighted by molar-refractivity contribution is 4.56. The van der Waals surface area contributed by atoms with E-state index in [4.69, 9.17) is 0 Å². The highest BCUT2D eigenvalue weighted by Crippen LogP contribution is 1.80. The third-order valence-electron chi connectivity index (χ3n) is 0.707. The van der Waals surface area contributed by atoms with Crippen molar-refractivity contribution in [1.29, 1.82) is 0 Å². The highest BCUT2D eigenvalue weighted by atomic mass is 14.9. The topological polar surface area (TPSA) is 24.1 Å². The first-order chi connectivity index (χ1) is 3.41. The second-order valence-electron chi connectivity index (χ2n) is 1.60.